The van der Waals surface area contributed by atoms with Crippen LogP contribution < -0.4 is 4.74 Å². The van der Waals surface area contributed by atoms with Gasteiger partial charge in [-0.2, -0.15) is 0 Å². The first-order valence-electron chi connectivity index (χ1n) is 11.2. The van der Waals surface area contributed by atoms with Crippen LogP contribution in [0.15, 0.2) is 24.3 Å². The number of para-hydroxylation sites is 1. The number of fused-ring (bicyclic) bond motifs is 1. The zero-order chi connectivity index (χ0) is 22.0. The van der Waals surface area contributed by atoms with Gasteiger partial charge in [0.25, 0.3) is 0 Å². The van der Waals surface area contributed by atoms with E-state index in [4.69, 9.17) is 4.74 Å². The minimum absolute atomic E-state index is 0.241. The van der Waals surface area contributed by atoms with Gasteiger partial charge in [-0.15, -0.1) is 11.3 Å². The Kier molecular flexibility index (Phi) is 6.94. The van der Waals surface area contributed by atoms with E-state index in [-0.39, 0.29) is 11.9 Å². The number of benzene rings is 1. The molecule has 0 radical (unpaired) electrons. The second-order valence-corrected chi connectivity index (χ2v) is 10.4. The summed E-state index contributed by atoms with van der Waals surface area (Å²) in [6.45, 7) is 8.24. The highest BCUT2D eigenvalue weighted by molar-refractivity contribution is 7.11. The molecule has 1 aromatic carbocycles. The van der Waals surface area contributed by atoms with Crippen LogP contribution in [0.25, 0.3) is 0 Å². The number of nitrogens with zero attached hydrogens (tertiary/aromatic N) is 4. The molecule has 168 valence electrons. The highest BCUT2D eigenvalue weighted by Gasteiger charge is 2.34. The van der Waals surface area contributed by atoms with E-state index in [1.165, 1.54) is 5.56 Å². The first kappa shape index (κ1) is 22.2. The van der Waals surface area contributed by atoms with Crippen molar-refractivity contribution in [3.63, 3.8) is 0 Å². The molecule has 4 rings (SSSR count). The van der Waals surface area contributed by atoms with Crippen molar-refractivity contribution in [1.82, 2.24) is 19.7 Å². The molecule has 6 nitrogen and oxygen atoms in total. The molecule has 0 spiro atoms. The lowest BCUT2D eigenvalue weighted by Crippen LogP contribution is -2.50. The lowest BCUT2D eigenvalue weighted by atomic mass is 10.1. The van der Waals surface area contributed by atoms with E-state index >= 15 is 0 Å². The molecule has 1 aromatic heterocycles. The third kappa shape index (κ3) is 5.27. The summed E-state index contributed by atoms with van der Waals surface area (Å²) < 4.78 is 6.17. The predicted molar refractivity (Wildman–Crippen MR) is 125 cm³/mol. The Morgan fingerprint density at radius 3 is 2.81 bits per heavy atom. The first-order valence-corrected chi connectivity index (χ1v) is 12.0. The van der Waals surface area contributed by atoms with Gasteiger partial charge in [0.15, 0.2) is 0 Å². The van der Waals surface area contributed by atoms with E-state index in [0.29, 0.717) is 19.1 Å². The van der Waals surface area contributed by atoms with Gasteiger partial charge in [0.2, 0.25) is 5.91 Å². The van der Waals surface area contributed by atoms with Crippen molar-refractivity contribution in [2.75, 3.05) is 40.3 Å². The fourth-order valence-corrected chi connectivity index (χ4v) is 5.75. The van der Waals surface area contributed by atoms with Gasteiger partial charge in [-0.1, -0.05) is 18.2 Å². The number of carbonyl (C=O) groups excluding carboxylic acids is 1. The van der Waals surface area contributed by atoms with Gasteiger partial charge in [-0.05, 0) is 46.9 Å². The molecule has 3 heterocycles. The summed E-state index contributed by atoms with van der Waals surface area (Å²) in [5.74, 6) is 1.23. The minimum Gasteiger partial charge on any atom is -0.492 e. The van der Waals surface area contributed by atoms with Gasteiger partial charge in [-0.25, -0.2) is 4.98 Å². The maximum absolute atomic E-state index is 13.2. The molecule has 2 aromatic rings. The van der Waals surface area contributed by atoms with Gasteiger partial charge in [0.1, 0.15) is 12.4 Å². The van der Waals surface area contributed by atoms with Crippen molar-refractivity contribution in [1.29, 1.82) is 0 Å². The highest BCUT2D eigenvalue weighted by atomic mass is 32.1. The van der Waals surface area contributed by atoms with Gasteiger partial charge in [0.05, 0.1) is 23.2 Å². The fourth-order valence-electron chi connectivity index (χ4n) is 4.82. The van der Waals surface area contributed by atoms with Crippen LogP contribution >= 0.6 is 11.3 Å². The third-order valence-corrected chi connectivity index (χ3v) is 7.40. The fraction of sp³-hybridized carbons (Fsp3) is 0.583. The second-order valence-electron chi connectivity index (χ2n) is 9.07. The molecule has 0 unspecified atom stereocenters. The molecule has 2 aliphatic heterocycles. The topological polar surface area (TPSA) is 48.9 Å². The summed E-state index contributed by atoms with van der Waals surface area (Å²) in [4.78, 5) is 25.7. The number of hydrogen-bond donors (Lipinski definition) is 0. The number of carbonyl (C=O) groups is 1. The quantitative estimate of drug-likeness (QED) is 0.688. The van der Waals surface area contributed by atoms with Crippen molar-refractivity contribution in [3.8, 4) is 5.75 Å². The number of likely N-dealkylation sites (tertiary alicyclic amines) is 1. The van der Waals surface area contributed by atoms with Gasteiger partial charge in [-0.3, -0.25) is 9.69 Å². The molecule has 0 saturated carbocycles. The number of amides is 1. The Hall–Kier alpha value is -1.96. The van der Waals surface area contributed by atoms with E-state index in [1.807, 2.05) is 19.9 Å². The zero-order valence-corrected chi connectivity index (χ0v) is 20.0. The maximum atomic E-state index is 13.2. The van der Waals surface area contributed by atoms with Crippen molar-refractivity contribution in [3.05, 3.63) is 45.4 Å². The SMILES string of the molecule is Cc1nc(C)c(CC(=O)N2CCC[C@@H]2CN2Cc3ccccc3OC[C@@H]2CN(C)C)s1. The van der Waals surface area contributed by atoms with Crippen molar-refractivity contribution < 1.29 is 9.53 Å². The molecule has 0 N–H and O–H groups in total. The van der Waals surface area contributed by atoms with Crippen LogP contribution in [-0.2, 0) is 17.8 Å². The Morgan fingerprint density at radius 1 is 1.26 bits per heavy atom. The van der Waals surface area contributed by atoms with Crippen molar-refractivity contribution in [2.24, 2.45) is 0 Å². The molecule has 1 fully saturated rings. The number of likely N-dealkylation sites (N-methyl/N-ethyl adjacent to an activating group) is 1. The minimum atomic E-state index is 0.241. The van der Waals surface area contributed by atoms with E-state index in [0.717, 1.165) is 60.3 Å². The van der Waals surface area contributed by atoms with Crippen LogP contribution in [0.5, 0.6) is 5.75 Å². The van der Waals surface area contributed by atoms with Crippen LogP contribution in [0.4, 0.5) is 0 Å². The number of ether oxygens (including phenoxy) is 1. The number of aryl methyl sites for hydroxylation is 2. The maximum Gasteiger partial charge on any atom is 0.228 e. The summed E-state index contributed by atoms with van der Waals surface area (Å²) >= 11 is 1.65. The Bertz CT molecular complexity index is 913. The van der Waals surface area contributed by atoms with Crippen LogP contribution in [0.1, 0.15) is 34.0 Å². The Balaban J connectivity index is 1.49. The molecular weight excluding hydrogens is 408 g/mol. The van der Waals surface area contributed by atoms with Gasteiger partial charge in [0, 0.05) is 42.7 Å². The van der Waals surface area contributed by atoms with Gasteiger partial charge >= 0.3 is 0 Å². The van der Waals surface area contributed by atoms with Crippen molar-refractivity contribution in [2.45, 2.75) is 51.7 Å². The number of hydrogen-bond acceptors (Lipinski definition) is 6. The smallest absolute Gasteiger partial charge is 0.228 e. The highest BCUT2D eigenvalue weighted by Crippen LogP contribution is 2.28. The summed E-state index contributed by atoms with van der Waals surface area (Å²) in [7, 11) is 4.22. The molecule has 1 saturated heterocycles. The van der Waals surface area contributed by atoms with E-state index in [9.17, 15) is 4.79 Å². The molecule has 0 aliphatic carbocycles. The number of thiazole rings is 1. The van der Waals surface area contributed by atoms with Crippen LogP contribution in [0.2, 0.25) is 0 Å². The lowest BCUT2D eigenvalue weighted by Gasteiger charge is -2.35. The zero-order valence-electron chi connectivity index (χ0n) is 19.1. The van der Waals surface area contributed by atoms with Crippen molar-refractivity contribution >= 4 is 17.2 Å². The van der Waals surface area contributed by atoms with Crippen LogP contribution in [0, 0.1) is 13.8 Å². The summed E-state index contributed by atoms with van der Waals surface area (Å²) in [6.07, 6.45) is 2.62. The predicted octanol–water partition coefficient (Wildman–Crippen LogP) is 3.12. The average Bonchev–Trinajstić information content (AvgIpc) is 3.26. The molecule has 1 amide bonds. The number of rotatable bonds is 6. The number of aromatic nitrogens is 1. The average molecular weight is 443 g/mol. The summed E-state index contributed by atoms with van der Waals surface area (Å²) in [6, 6.07) is 8.90. The molecule has 2 aliphatic rings. The molecular formula is C24H34N4O2S. The van der Waals surface area contributed by atoms with Crippen LogP contribution in [0.3, 0.4) is 0 Å². The van der Waals surface area contributed by atoms with Crippen LogP contribution in [-0.4, -0.2) is 78.0 Å². The largest absolute Gasteiger partial charge is 0.492 e. The first-order chi connectivity index (χ1) is 14.9. The summed E-state index contributed by atoms with van der Waals surface area (Å²) in [5.41, 5.74) is 2.23. The lowest BCUT2D eigenvalue weighted by molar-refractivity contribution is -0.131. The third-order valence-electron chi connectivity index (χ3n) is 6.32. The second kappa shape index (κ2) is 9.67. The molecule has 2 atom stereocenters. The monoisotopic (exact) mass is 442 g/mol. The molecule has 0 bridgehead atoms. The Morgan fingerprint density at radius 2 is 2.06 bits per heavy atom. The van der Waals surface area contributed by atoms with Gasteiger partial charge < -0.3 is 14.5 Å². The molecule has 31 heavy (non-hydrogen) atoms. The van der Waals surface area contributed by atoms with E-state index in [1.54, 1.807) is 11.3 Å². The Labute approximate surface area is 189 Å². The van der Waals surface area contributed by atoms with E-state index < -0.39 is 0 Å². The summed E-state index contributed by atoms with van der Waals surface area (Å²) in [5, 5.41) is 1.04. The molecule has 7 heteroatoms. The normalized spacial score (nSPS) is 21.8. The van der Waals surface area contributed by atoms with E-state index in [2.05, 4.69) is 52.0 Å². The standard InChI is InChI=1S/C24H34N4O2S/c1-17-23(31-18(2)25-17)12-24(29)28-11-7-9-20(28)15-27-13-19-8-5-6-10-22(19)30-16-21(27)14-26(3)4/h5-6,8,10,20-21H,7,9,11-16H2,1-4H3/t20-,21+/m1/s1.